The fourth-order valence-electron chi connectivity index (χ4n) is 2.51. The highest BCUT2D eigenvalue weighted by Gasteiger charge is 2.33. The van der Waals surface area contributed by atoms with Crippen LogP contribution in [0, 0.1) is 18.7 Å². The number of rotatable bonds is 3. The SMILES string of the molecule is CCC1OCCC1C(Cl)c1ccc(F)c(C)c1. The van der Waals surface area contributed by atoms with Gasteiger partial charge < -0.3 is 4.74 Å². The molecule has 0 bridgehead atoms. The van der Waals surface area contributed by atoms with Gasteiger partial charge in [-0.15, -0.1) is 11.6 Å². The molecule has 1 aromatic rings. The Hall–Kier alpha value is -0.600. The van der Waals surface area contributed by atoms with Crippen LogP contribution in [0.2, 0.25) is 0 Å². The number of hydrogen-bond donors (Lipinski definition) is 0. The summed E-state index contributed by atoms with van der Waals surface area (Å²) < 4.78 is 18.9. The second-order valence-corrected chi connectivity index (χ2v) is 5.15. The van der Waals surface area contributed by atoms with Crippen molar-refractivity contribution in [3.05, 3.63) is 35.1 Å². The molecule has 0 amide bonds. The lowest BCUT2D eigenvalue weighted by molar-refractivity contribution is 0.0864. The molecule has 1 heterocycles. The van der Waals surface area contributed by atoms with Crippen molar-refractivity contribution >= 4 is 11.6 Å². The van der Waals surface area contributed by atoms with E-state index in [0.717, 1.165) is 25.0 Å². The highest BCUT2D eigenvalue weighted by Crippen LogP contribution is 2.39. The topological polar surface area (TPSA) is 9.23 Å². The number of alkyl halides is 1. The summed E-state index contributed by atoms with van der Waals surface area (Å²) in [5.41, 5.74) is 1.65. The fourth-order valence-corrected chi connectivity index (χ4v) is 2.93. The van der Waals surface area contributed by atoms with E-state index in [4.69, 9.17) is 16.3 Å². The summed E-state index contributed by atoms with van der Waals surface area (Å²) in [7, 11) is 0. The maximum Gasteiger partial charge on any atom is 0.126 e. The lowest BCUT2D eigenvalue weighted by Gasteiger charge is -2.22. The molecule has 1 fully saturated rings. The van der Waals surface area contributed by atoms with E-state index in [1.165, 1.54) is 6.07 Å². The summed E-state index contributed by atoms with van der Waals surface area (Å²) >= 11 is 6.51. The van der Waals surface area contributed by atoms with Crippen LogP contribution in [0.4, 0.5) is 4.39 Å². The van der Waals surface area contributed by atoms with Crippen LogP contribution in [0.1, 0.15) is 36.3 Å². The highest BCUT2D eigenvalue weighted by molar-refractivity contribution is 6.21. The van der Waals surface area contributed by atoms with Gasteiger partial charge in [0.05, 0.1) is 11.5 Å². The Balaban J connectivity index is 2.18. The van der Waals surface area contributed by atoms with E-state index in [1.807, 2.05) is 6.07 Å². The average Bonchev–Trinajstić information content (AvgIpc) is 2.80. The smallest absolute Gasteiger partial charge is 0.126 e. The Bertz CT molecular complexity index is 394. The van der Waals surface area contributed by atoms with Crippen LogP contribution in [0.5, 0.6) is 0 Å². The van der Waals surface area contributed by atoms with Gasteiger partial charge >= 0.3 is 0 Å². The van der Waals surface area contributed by atoms with Gasteiger partial charge in [0.15, 0.2) is 0 Å². The Morgan fingerprint density at radius 2 is 2.29 bits per heavy atom. The second kappa shape index (κ2) is 5.36. The minimum atomic E-state index is -0.174. The molecule has 1 saturated heterocycles. The van der Waals surface area contributed by atoms with Crippen LogP contribution < -0.4 is 0 Å². The molecule has 0 radical (unpaired) electrons. The minimum Gasteiger partial charge on any atom is -0.378 e. The van der Waals surface area contributed by atoms with Gasteiger partial charge in [0.2, 0.25) is 0 Å². The van der Waals surface area contributed by atoms with Crippen LogP contribution in [0.25, 0.3) is 0 Å². The first-order valence-corrected chi connectivity index (χ1v) is 6.58. The molecule has 0 aliphatic carbocycles. The van der Waals surface area contributed by atoms with Crippen LogP contribution in [-0.4, -0.2) is 12.7 Å². The Kier molecular flexibility index (Phi) is 4.05. The van der Waals surface area contributed by atoms with E-state index in [0.29, 0.717) is 11.5 Å². The summed E-state index contributed by atoms with van der Waals surface area (Å²) in [5, 5.41) is -0.0817. The van der Waals surface area contributed by atoms with E-state index in [2.05, 4.69) is 6.92 Å². The molecule has 1 aliphatic rings. The number of ether oxygens (including phenoxy) is 1. The quantitative estimate of drug-likeness (QED) is 0.736. The molecule has 1 aliphatic heterocycles. The van der Waals surface area contributed by atoms with Gasteiger partial charge in [-0.2, -0.15) is 0 Å². The maximum atomic E-state index is 13.2. The molecular weight excluding hydrogens is 239 g/mol. The first-order valence-electron chi connectivity index (χ1n) is 6.15. The third-order valence-electron chi connectivity index (χ3n) is 3.54. The van der Waals surface area contributed by atoms with Crippen molar-refractivity contribution in [2.75, 3.05) is 6.61 Å². The molecule has 3 atom stereocenters. The van der Waals surface area contributed by atoms with Crippen LogP contribution >= 0.6 is 11.6 Å². The molecule has 1 aromatic carbocycles. The molecule has 94 valence electrons. The zero-order valence-electron chi connectivity index (χ0n) is 10.2. The highest BCUT2D eigenvalue weighted by atomic mass is 35.5. The molecule has 2 rings (SSSR count). The van der Waals surface area contributed by atoms with Crippen LogP contribution in [0.15, 0.2) is 18.2 Å². The van der Waals surface area contributed by atoms with Crippen molar-refractivity contribution in [1.82, 2.24) is 0 Å². The number of halogens is 2. The normalized spacial score (nSPS) is 26.1. The van der Waals surface area contributed by atoms with E-state index in [9.17, 15) is 4.39 Å². The van der Waals surface area contributed by atoms with Gasteiger partial charge in [-0.3, -0.25) is 0 Å². The van der Waals surface area contributed by atoms with Crippen molar-refractivity contribution in [2.45, 2.75) is 38.2 Å². The van der Waals surface area contributed by atoms with Crippen molar-refractivity contribution in [3.63, 3.8) is 0 Å². The monoisotopic (exact) mass is 256 g/mol. The Morgan fingerprint density at radius 3 is 2.94 bits per heavy atom. The first-order chi connectivity index (χ1) is 8.13. The van der Waals surface area contributed by atoms with Gasteiger partial charge in [-0.25, -0.2) is 4.39 Å². The lowest BCUT2D eigenvalue weighted by Crippen LogP contribution is -2.19. The van der Waals surface area contributed by atoms with Gasteiger partial charge in [-0.05, 0) is 37.0 Å². The number of hydrogen-bond acceptors (Lipinski definition) is 1. The molecule has 3 unspecified atom stereocenters. The summed E-state index contributed by atoms with van der Waals surface area (Å²) in [6, 6.07) is 5.12. The van der Waals surface area contributed by atoms with Crippen molar-refractivity contribution in [1.29, 1.82) is 0 Å². The molecular formula is C14H18ClFO. The molecule has 17 heavy (non-hydrogen) atoms. The third-order valence-corrected chi connectivity index (χ3v) is 4.11. The van der Waals surface area contributed by atoms with Gasteiger partial charge in [0.1, 0.15) is 5.82 Å². The van der Waals surface area contributed by atoms with E-state index in [1.54, 1.807) is 13.0 Å². The fraction of sp³-hybridized carbons (Fsp3) is 0.571. The minimum absolute atomic E-state index is 0.0817. The summed E-state index contributed by atoms with van der Waals surface area (Å²) in [6.07, 6.45) is 2.21. The van der Waals surface area contributed by atoms with Crippen LogP contribution in [0.3, 0.4) is 0 Å². The van der Waals surface area contributed by atoms with Gasteiger partial charge in [-0.1, -0.05) is 19.1 Å². The lowest BCUT2D eigenvalue weighted by atomic mass is 9.91. The Labute approximate surface area is 107 Å². The molecule has 0 aromatic heterocycles. The zero-order chi connectivity index (χ0) is 12.4. The molecule has 3 heteroatoms. The number of benzene rings is 1. The predicted molar refractivity (Wildman–Crippen MR) is 67.9 cm³/mol. The average molecular weight is 257 g/mol. The second-order valence-electron chi connectivity index (χ2n) is 4.68. The van der Waals surface area contributed by atoms with Crippen molar-refractivity contribution < 1.29 is 9.13 Å². The summed E-state index contributed by atoms with van der Waals surface area (Å²) in [6.45, 7) is 4.67. The van der Waals surface area contributed by atoms with Crippen molar-refractivity contribution in [2.24, 2.45) is 5.92 Å². The molecule has 0 N–H and O–H groups in total. The first kappa shape index (κ1) is 12.8. The van der Waals surface area contributed by atoms with Crippen molar-refractivity contribution in [3.8, 4) is 0 Å². The van der Waals surface area contributed by atoms with Gasteiger partial charge in [0, 0.05) is 12.5 Å². The largest absolute Gasteiger partial charge is 0.378 e. The third kappa shape index (κ3) is 2.63. The Morgan fingerprint density at radius 1 is 1.53 bits per heavy atom. The molecule has 1 nitrogen and oxygen atoms in total. The van der Waals surface area contributed by atoms with Crippen LogP contribution in [-0.2, 0) is 4.74 Å². The molecule has 0 saturated carbocycles. The van der Waals surface area contributed by atoms with Gasteiger partial charge in [0.25, 0.3) is 0 Å². The van der Waals surface area contributed by atoms with E-state index in [-0.39, 0.29) is 17.3 Å². The zero-order valence-corrected chi connectivity index (χ0v) is 11.0. The predicted octanol–water partition coefficient (Wildman–Crippen LogP) is 4.23. The number of aryl methyl sites for hydroxylation is 1. The summed E-state index contributed by atoms with van der Waals surface area (Å²) in [4.78, 5) is 0. The maximum absolute atomic E-state index is 13.2. The summed E-state index contributed by atoms with van der Waals surface area (Å²) in [5.74, 6) is 0.166. The van der Waals surface area contributed by atoms with E-state index >= 15 is 0 Å². The standard InChI is InChI=1S/C14H18ClFO/c1-3-13-11(6-7-17-13)14(15)10-4-5-12(16)9(2)8-10/h4-5,8,11,13-14H,3,6-7H2,1-2H3. The van der Waals surface area contributed by atoms with E-state index < -0.39 is 0 Å². The molecule has 0 spiro atoms.